The SMILES string of the molecule is Cc1noc(C)c1CN(C)C(=O)NC[C@H](C)N(C)C. The fraction of sp³-hybridized carbons (Fsp3) is 0.692. The van der Waals surface area contributed by atoms with Crippen molar-refractivity contribution in [3.05, 3.63) is 17.0 Å². The van der Waals surface area contributed by atoms with Gasteiger partial charge in [0.2, 0.25) is 0 Å². The molecular weight excluding hydrogens is 244 g/mol. The maximum atomic E-state index is 12.0. The molecule has 0 fully saturated rings. The van der Waals surface area contributed by atoms with Crippen LogP contribution in [0.1, 0.15) is 23.9 Å². The van der Waals surface area contributed by atoms with Crippen LogP contribution in [0.3, 0.4) is 0 Å². The van der Waals surface area contributed by atoms with Gasteiger partial charge in [-0.25, -0.2) is 4.79 Å². The van der Waals surface area contributed by atoms with Crippen molar-refractivity contribution in [2.75, 3.05) is 27.7 Å². The number of nitrogens with one attached hydrogen (secondary N) is 1. The molecule has 6 nitrogen and oxygen atoms in total. The lowest BCUT2D eigenvalue weighted by Gasteiger charge is -2.23. The van der Waals surface area contributed by atoms with E-state index in [-0.39, 0.29) is 6.03 Å². The largest absolute Gasteiger partial charge is 0.361 e. The van der Waals surface area contributed by atoms with Gasteiger partial charge < -0.3 is 19.6 Å². The molecular formula is C13H24N4O2. The van der Waals surface area contributed by atoms with Gasteiger partial charge in [0.15, 0.2) is 0 Å². The van der Waals surface area contributed by atoms with E-state index < -0.39 is 0 Å². The molecule has 6 heteroatoms. The van der Waals surface area contributed by atoms with E-state index in [0.29, 0.717) is 19.1 Å². The molecule has 0 unspecified atom stereocenters. The standard InChI is InChI=1S/C13H24N4O2/c1-9(16(4)5)7-14-13(18)17(6)8-12-10(2)15-19-11(12)3/h9H,7-8H2,1-6H3,(H,14,18)/t9-/m0/s1. The van der Waals surface area contributed by atoms with Gasteiger partial charge in [0.1, 0.15) is 5.76 Å². The normalized spacial score (nSPS) is 12.6. The third-order valence-electron chi connectivity index (χ3n) is 3.35. The summed E-state index contributed by atoms with van der Waals surface area (Å²) >= 11 is 0. The average molecular weight is 268 g/mol. The fourth-order valence-electron chi connectivity index (χ4n) is 1.59. The van der Waals surface area contributed by atoms with E-state index in [1.165, 1.54) is 0 Å². The lowest BCUT2D eigenvalue weighted by Crippen LogP contribution is -2.43. The molecule has 108 valence electrons. The molecule has 1 N–H and O–H groups in total. The number of rotatable bonds is 5. The van der Waals surface area contributed by atoms with Crippen LogP contribution in [0.15, 0.2) is 4.52 Å². The number of aryl methyl sites for hydroxylation is 2. The Morgan fingerprint density at radius 2 is 2.00 bits per heavy atom. The number of likely N-dealkylation sites (N-methyl/N-ethyl adjacent to an activating group) is 1. The maximum Gasteiger partial charge on any atom is 0.317 e. The van der Waals surface area contributed by atoms with Crippen LogP contribution in [-0.2, 0) is 6.54 Å². The number of nitrogens with zero attached hydrogens (tertiary/aromatic N) is 3. The molecule has 0 aliphatic rings. The van der Waals surface area contributed by atoms with Crippen molar-refractivity contribution >= 4 is 6.03 Å². The number of amides is 2. The van der Waals surface area contributed by atoms with Crippen molar-refractivity contribution in [1.29, 1.82) is 0 Å². The van der Waals surface area contributed by atoms with Crippen LogP contribution in [0.25, 0.3) is 0 Å². The number of hydrogen-bond donors (Lipinski definition) is 1. The van der Waals surface area contributed by atoms with Crippen molar-refractivity contribution in [2.24, 2.45) is 0 Å². The van der Waals surface area contributed by atoms with Crippen LogP contribution in [0.5, 0.6) is 0 Å². The molecule has 1 heterocycles. The first-order chi connectivity index (χ1) is 8.82. The van der Waals surface area contributed by atoms with Crippen molar-refractivity contribution < 1.29 is 9.32 Å². The van der Waals surface area contributed by atoms with Crippen molar-refractivity contribution in [3.63, 3.8) is 0 Å². The highest BCUT2D eigenvalue weighted by molar-refractivity contribution is 5.73. The Bertz CT molecular complexity index is 409. The Kier molecular flexibility index (Phi) is 5.35. The zero-order chi connectivity index (χ0) is 14.6. The number of carbonyl (C=O) groups excluding carboxylic acids is 1. The second-order valence-corrected chi connectivity index (χ2v) is 5.16. The van der Waals surface area contributed by atoms with E-state index in [1.54, 1.807) is 11.9 Å². The highest BCUT2D eigenvalue weighted by atomic mass is 16.5. The van der Waals surface area contributed by atoms with E-state index in [1.807, 2.05) is 27.9 Å². The zero-order valence-electron chi connectivity index (χ0n) is 12.6. The first-order valence-corrected chi connectivity index (χ1v) is 6.40. The molecule has 1 aromatic heterocycles. The summed E-state index contributed by atoms with van der Waals surface area (Å²) in [6.45, 7) is 6.93. The molecule has 0 radical (unpaired) electrons. The first kappa shape index (κ1) is 15.5. The topological polar surface area (TPSA) is 61.6 Å². The van der Waals surface area contributed by atoms with E-state index in [9.17, 15) is 4.79 Å². The van der Waals surface area contributed by atoms with Gasteiger partial charge >= 0.3 is 6.03 Å². The van der Waals surface area contributed by atoms with E-state index in [2.05, 4.69) is 22.3 Å². The van der Waals surface area contributed by atoms with Crippen molar-refractivity contribution in [3.8, 4) is 0 Å². The number of carbonyl (C=O) groups is 1. The highest BCUT2D eigenvalue weighted by Gasteiger charge is 2.16. The number of aromatic nitrogens is 1. The third-order valence-corrected chi connectivity index (χ3v) is 3.35. The zero-order valence-corrected chi connectivity index (χ0v) is 12.6. The molecule has 0 spiro atoms. The quantitative estimate of drug-likeness (QED) is 0.876. The van der Waals surface area contributed by atoms with Crippen LogP contribution in [0.2, 0.25) is 0 Å². The molecule has 0 bridgehead atoms. The average Bonchev–Trinajstić information content (AvgIpc) is 2.66. The molecule has 1 rings (SSSR count). The van der Waals surface area contributed by atoms with Crippen LogP contribution in [-0.4, -0.2) is 54.7 Å². The minimum atomic E-state index is -0.0892. The summed E-state index contributed by atoms with van der Waals surface area (Å²) in [5, 5.41) is 6.80. The van der Waals surface area contributed by atoms with E-state index >= 15 is 0 Å². The molecule has 2 amide bonds. The summed E-state index contributed by atoms with van der Waals surface area (Å²) in [5.74, 6) is 0.763. The number of urea groups is 1. The minimum Gasteiger partial charge on any atom is -0.361 e. The second-order valence-electron chi connectivity index (χ2n) is 5.16. The van der Waals surface area contributed by atoms with Gasteiger partial charge in [0.05, 0.1) is 12.2 Å². The van der Waals surface area contributed by atoms with Gasteiger partial charge in [0.25, 0.3) is 0 Å². The van der Waals surface area contributed by atoms with E-state index in [0.717, 1.165) is 17.0 Å². The lowest BCUT2D eigenvalue weighted by molar-refractivity contribution is 0.201. The molecule has 0 aliphatic carbocycles. The van der Waals surface area contributed by atoms with Crippen LogP contribution in [0, 0.1) is 13.8 Å². The van der Waals surface area contributed by atoms with Gasteiger partial charge in [-0.15, -0.1) is 0 Å². The summed E-state index contributed by atoms with van der Waals surface area (Å²) < 4.78 is 5.09. The smallest absolute Gasteiger partial charge is 0.317 e. The van der Waals surface area contributed by atoms with Crippen LogP contribution >= 0.6 is 0 Å². The summed E-state index contributed by atoms with van der Waals surface area (Å²) in [7, 11) is 5.75. The van der Waals surface area contributed by atoms with Crippen molar-refractivity contribution in [2.45, 2.75) is 33.4 Å². The van der Waals surface area contributed by atoms with Gasteiger partial charge in [0, 0.05) is 25.2 Å². The summed E-state index contributed by atoms with van der Waals surface area (Å²) in [4.78, 5) is 15.7. The molecule has 0 saturated heterocycles. The summed E-state index contributed by atoms with van der Waals surface area (Å²) in [5.41, 5.74) is 1.80. The number of hydrogen-bond acceptors (Lipinski definition) is 4. The molecule has 0 aromatic carbocycles. The fourth-order valence-corrected chi connectivity index (χ4v) is 1.59. The second kappa shape index (κ2) is 6.56. The third kappa shape index (κ3) is 4.24. The maximum absolute atomic E-state index is 12.0. The minimum absolute atomic E-state index is 0.0892. The Morgan fingerprint density at radius 3 is 2.47 bits per heavy atom. The monoisotopic (exact) mass is 268 g/mol. The van der Waals surface area contributed by atoms with Crippen LogP contribution in [0.4, 0.5) is 4.79 Å². The summed E-state index contributed by atoms with van der Waals surface area (Å²) in [6.07, 6.45) is 0. The Balaban J connectivity index is 2.50. The van der Waals surface area contributed by atoms with Gasteiger partial charge in [-0.2, -0.15) is 0 Å². The summed E-state index contributed by atoms with van der Waals surface area (Å²) in [6, 6.07) is 0.213. The molecule has 0 saturated carbocycles. The van der Waals surface area contributed by atoms with Gasteiger partial charge in [-0.3, -0.25) is 0 Å². The molecule has 1 atom stereocenters. The predicted octanol–water partition coefficient (Wildman–Crippen LogP) is 1.38. The highest BCUT2D eigenvalue weighted by Crippen LogP contribution is 2.14. The Morgan fingerprint density at radius 1 is 1.37 bits per heavy atom. The Labute approximate surface area is 114 Å². The van der Waals surface area contributed by atoms with Crippen molar-refractivity contribution in [1.82, 2.24) is 20.3 Å². The lowest BCUT2D eigenvalue weighted by atomic mass is 10.2. The Hall–Kier alpha value is -1.56. The van der Waals surface area contributed by atoms with Crippen LogP contribution < -0.4 is 5.32 Å². The molecule has 19 heavy (non-hydrogen) atoms. The predicted molar refractivity (Wildman–Crippen MR) is 74.0 cm³/mol. The molecule has 0 aliphatic heterocycles. The van der Waals surface area contributed by atoms with E-state index in [4.69, 9.17) is 4.52 Å². The van der Waals surface area contributed by atoms with Gasteiger partial charge in [-0.1, -0.05) is 5.16 Å². The molecule has 1 aromatic rings. The first-order valence-electron chi connectivity index (χ1n) is 6.40. The van der Waals surface area contributed by atoms with Gasteiger partial charge in [-0.05, 0) is 34.9 Å².